The predicted molar refractivity (Wildman–Crippen MR) is 91.8 cm³/mol. The number of nitrogens with zero attached hydrogens (tertiary/aromatic N) is 1. The molecule has 4 nitrogen and oxygen atoms in total. The fourth-order valence-corrected chi connectivity index (χ4v) is 2.92. The monoisotopic (exact) mass is 380 g/mol. The molecule has 1 N–H and O–H groups in total. The quantitative estimate of drug-likeness (QED) is 0.739. The zero-order valence-corrected chi connectivity index (χ0v) is 14.5. The standard InChI is InChI=1S/C18H15F3N2O2S/c1-12(13-6-8-14(9-7-13)25-18(19,20)21)23-17(24)15-4-2-3-5-16(15)26-11-10-22/h2-9,12H,11H2,1H3,(H,23,24)/t12-/m1/s1. The number of nitrogens with one attached hydrogen (secondary N) is 1. The summed E-state index contributed by atoms with van der Waals surface area (Å²) in [5, 5.41) is 11.5. The van der Waals surface area contributed by atoms with Gasteiger partial charge in [0.15, 0.2) is 0 Å². The van der Waals surface area contributed by atoms with Crippen LogP contribution in [0.2, 0.25) is 0 Å². The van der Waals surface area contributed by atoms with E-state index in [1.165, 1.54) is 36.0 Å². The van der Waals surface area contributed by atoms with Gasteiger partial charge in [-0.1, -0.05) is 24.3 Å². The second kappa shape index (κ2) is 8.63. The summed E-state index contributed by atoms with van der Waals surface area (Å²) in [7, 11) is 0. The first-order chi connectivity index (χ1) is 12.3. The highest BCUT2D eigenvalue weighted by Gasteiger charge is 2.31. The molecule has 0 saturated carbocycles. The maximum Gasteiger partial charge on any atom is 0.573 e. The molecule has 0 unspecified atom stereocenters. The Kier molecular flexibility index (Phi) is 6.52. The van der Waals surface area contributed by atoms with Crippen LogP contribution in [0.1, 0.15) is 28.9 Å². The third kappa shape index (κ3) is 5.70. The van der Waals surface area contributed by atoms with Gasteiger partial charge in [0.1, 0.15) is 5.75 Å². The van der Waals surface area contributed by atoms with Crippen LogP contribution >= 0.6 is 11.8 Å². The van der Waals surface area contributed by atoms with E-state index in [0.29, 0.717) is 16.0 Å². The van der Waals surface area contributed by atoms with Gasteiger partial charge in [-0.3, -0.25) is 4.79 Å². The summed E-state index contributed by atoms with van der Waals surface area (Å²) in [6.07, 6.45) is -4.74. The minimum Gasteiger partial charge on any atom is -0.406 e. The maximum atomic E-state index is 12.5. The van der Waals surface area contributed by atoms with Gasteiger partial charge in [0.25, 0.3) is 5.91 Å². The van der Waals surface area contributed by atoms with Gasteiger partial charge in [-0.15, -0.1) is 24.9 Å². The lowest BCUT2D eigenvalue weighted by Crippen LogP contribution is -2.27. The summed E-state index contributed by atoms with van der Waals surface area (Å²) in [5.41, 5.74) is 1.08. The van der Waals surface area contributed by atoms with Crippen molar-refractivity contribution < 1.29 is 22.7 Å². The molecule has 0 bridgehead atoms. The van der Waals surface area contributed by atoms with Gasteiger partial charge in [-0.05, 0) is 36.8 Å². The molecule has 0 aliphatic carbocycles. The molecule has 0 radical (unpaired) electrons. The van der Waals surface area contributed by atoms with Crippen molar-refractivity contribution in [3.63, 3.8) is 0 Å². The van der Waals surface area contributed by atoms with E-state index in [2.05, 4.69) is 10.1 Å². The Labute approximate surface area is 153 Å². The highest BCUT2D eigenvalue weighted by molar-refractivity contribution is 7.99. The molecular formula is C18H15F3N2O2S. The van der Waals surface area contributed by atoms with Crippen molar-refractivity contribution in [1.82, 2.24) is 5.32 Å². The SMILES string of the molecule is C[C@@H](NC(=O)c1ccccc1SCC#N)c1ccc(OC(F)(F)F)cc1. The topological polar surface area (TPSA) is 62.1 Å². The molecule has 8 heteroatoms. The van der Waals surface area contributed by atoms with Crippen molar-refractivity contribution in [2.45, 2.75) is 24.2 Å². The van der Waals surface area contributed by atoms with Gasteiger partial charge in [-0.2, -0.15) is 5.26 Å². The predicted octanol–water partition coefficient (Wildman–Crippen LogP) is 4.69. The van der Waals surface area contributed by atoms with Crippen LogP contribution in [0.4, 0.5) is 13.2 Å². The summed E-state index contributed by atoms with van der Waals surface area (Å²) in [6, 6.07) is 13.8. The normalized spacial score (nSPS) is 12.1. The lowest BCUT2D eigenvalue weighted by Gasteiger charge is -2.16. The summed E-state index contributed by atoms with van der Waals surface area (Å²) >= 11 is 1.26. The first-order valence-corrected chi connectivity index (χ1v) is 8.54. The molecule has 2 rings (SSSR count). The maximum absolute atomic E-state index is 12.5. The zero-order chi connectivity index (χ0) is 19.2. The van der Waals surface area contributed by atoms with E-state index in [4.69, 9.17) is 5.26 Å². The fourth-order valence-electron chi connectivity index (χ4n) is 2.21. The lowest BCUT2D eigenvalue weighted by molar-refractivity contribution is -0.274. The van der Waals surface area contributed by atoms with Crippen molar-refractivity contribution in [3.05, 3.63) is 59.7 Å². The molecule has 136 valence electrons. The molecule has 0 aliphatic rings. The number of carbonyl (C=O) groups is 1. The molecular weight excluding hydrogens is 365 g/mol. The molecule has 1 atom stereocenters. The van der Waals surface area contributed by atoms with Crippen molar-refractivity contribution in [3.8, 4) is 11.8 Å². The van der Waals surface area contributed by atoms with Crippen LogP contribution in [0.3, 0.4) is 0 Å². The van der Waals surface area contributed by atoms with Crippen LogP contribution in [0.5, 0.6) is 5.75 Å². The average molecular weight is 380 g/mol. The second-order valence-corrected chi connectivity index (χ2v) is 6.27. The molecule has 0 fully saturated rings. The second-order valence-electron chi connectivity index (χ2n) is 5.25. The van der Waals surface area contributed by atoms with E-state index in [1.807, 2.05) is 6.07 Å². The van der Waals surface area contributed by atoms with E-state index >= 15 is 0 Å². The van der Waals surface area contributed by atoms with Crippen molar-refractivity contribution in [2.75, 3.05) is 5.75 Å². The number of amides is 1. The Morgan fingerprint density at radius 2 is 1.88 bits per heavy atom. The molecule has 26 heavy (non-hydrogen) atoms. The number of alkyl halides is 3. The van der Waals surface area contributed by atoms with Crippen molar-refractivity contribution in [2.24, 2.45) is 0 Å². The minimum atomic E-state index is -4.74. The number of halogens is 3. The third-order valence-electron chi connectivity index (χ3n) is 3.39. The molecule has 2 aromatic carbocycles. The van der Waals surface area contributed by atoms with Crippen LogP contribution in [0, 0.1) is 11.3 Å². The number of carbonyl (C=O) groups excluding carboxylic acids is 1. The van der Waals surface area contributed by atoms with E-state index in [1.54, 1.807) is 31.2 Å². The average Bonchev–Trinajstić information content (AvgIpc) is 2.59. The Hall–Kier alpha value is -2.66. The van der Waals surface area contributed by atoms with Crippen molar-refractivity contribution in [1.29, 1.82) is 5.26 Å². The number of benzene rings is 2. The van der Waals surface area contributed by atoms with E-state index in [0.717, 1.165) is 0 Å². The highest BCUT2D eigenvalue weighted by atomic mass is 32.2. The molecule has 0 aliphatic heterocycles. The number of hydrogen-bond donors (Lipinski definition) is 1. The Balaban J connectivity index is 2.07. The first-order valence-electron chi connectivity index (χ1n) is 7.55. The molecule has 0 aromatic heterocycles. The van der Waals surface area contributed by atoms with Gasteiger partial charge in [-0.25, -0.2) is 0 Å². The molecule has 0 saturated heterocycles. The van der Waals surface area contributed by atoms with Crippen LogP contribution in [-0.2, 0) is 0 Å². The van der Waals surface area contributed by atoms with Gasteiger partial charge >= 0.3 is 6.36 Å². The molecule has 0 heterocycles. The van der Waals surface area contributed by atoms with Gasteiger partial charge in [0.2, 0.25) is 0 Å². The smallest absolute Gasteiger partial charge is 0.406 e. The number of ether oxygens (including phenoxy) is 1. The third-order valence-corrected chi connectivity index (χ3v) is 4.33. The van der Waals surface area contributed by atoms with Gasteiger partial charge in [0.05, 0.1) is 23.4 Å². The Morgan fingerprint density at radius 1 is 1.23 bits per heavy atom. The molecule has 0 spiro atoms. The summed E-state index contributed by atoms with van der Waals surface area (Å²) < 4.78 is 40.4. The summed E-state index contributed by atoms with van der Waals surface area (Å²) in [5.74, 6) is -0.423. The Bertz CT molecular complexity index is 801. The van der Waals surface area contributed by atoms with Crippen LogP contribution < -0.4 is 10.1 Å². The molecule has 1 amide bonds. The summed E-state index contributed by atoms with van der Waals surface area (Å²) in [6.45, 7) is 1.72. The highest BCUT2D eigenvalue weighted by Crippen LogP contribution is 2.25. The number of nitriles is 1. The van der Waals surface area contributed by atoms with E-state index in [-0.39, 0.29) is 17.4 Å². The number of hydrogen-bond acceptors (Lipinski definition) is 4. The van der Waals surface area contributed by atoms with Crippen LogP contribution in [-0.4, -0.2) is 18.0 Å². The Morgan fingerprint density at radius 3 is 2.50 bits per heavy atom. The van der Waals surface area contributed by atoms with E-state index < -0.39 is 12.4 Å². The van der Waals surface area contributed by atoms with Crippen LogP contribution in [0.15, 0.2) is 53.4 Å². The number of rotatable bonds is 6. The van der Waals surface area contributed by atoms with Crippen molar-refractivity contribution >= 4 is 17.7 Å². The molecule has 2 aromatic rings. The minimum absolute atomic E-state index is 0.223. The number of thioether (sulfide) groups is 1. The zero-order valence-electron chi connectivity index (χ0n) is 13.7. The van der Waals surface area contributed by atoms with Crippen LogP contribution in [0.25, 0.3) is 0 Å². The summed E-state index contributed by atoms with van der Waals surface area (Å²) in [4.78, 5) is 13.2. The van der Waals surface area contributed by atoms with E-state index in [9.17, 15) is 18.0 Å². The lowest BCUT2D eigenvalue weighted by atomic mass is 10.1. The van der Waals surface area contributed by atoms with Gasteiger partial charge < -0.3 is 10.1 Å². The fraction of sp³-hybridized carbons (Fsp3) is 0.222. The first kappa shape index (κ1) is 19.7. The van der Waals surface area contributed by atoms with Gasteiger partial charge in [0, 0.05) is 4.90 Å². The largest absolute Gasteiger partial charge is 0.573 e.